The van der Waals surface area contributed by atoms with Crippen molar-refractivity contribution in [2.75, 3.05) is 0 Å². The first-order chi connectivity index (χ1) is 14.5. The third kappa shape index (κ3) is 8.42. The lowest BCUT2D eigenvalue weighted by atomic mass is 9.85. The molecule has 1 aromatic carbocycles. The summed E-state index contributed by atoms with van der Waals surface area (Å²) in [6, 6.07) is 10.1. The Bertz CT molecular complexity index is 657. The molecular formula is C25H36O5. The van der Waals surface area contributed by atoms with E-state index in [-0.39, 0.29) is 17.8 Å². The number of aryl methyl sites for hydroxylation is 1. The fourth-order valence-corrected chi connectivity index (χ4v) is 4.30. The number of aliphatic hydroxyl groups is 3. The Morgan fingerprint density at radius 1 is 1.13 bits per heavy atom. The van der Waals surface area contributed by atoms with Crippen LogP contribution in [0.3, 0.4) is 0 Å². The molecule has 5 atom stereocenters. The van der Waals surface area contributed by atoms with Crippen molar-refractivity contribution in [1.82, 2.24) is 0 Å². The number of rotatable bonds is 13. The van der Waals surface area contributed by atoms with Gasteiger partial charge in [-0.1, -0.05) is 49.1 Å². The van der Waals surface area contributed by atoms with Crippen molar-refractivity contribution in [3.63, 3.8) is 0 Å². The third-order valence-electron chi connectivity index (χ3n) is 6.01. The number of unbranched alkanes of at least 4 members (excludes halogenated alkanes) is 1. The van der Waals surface area contributed by atoms with E-state index in [1.165, 1.54) is 5.56 Å². The van der Waals surface area contributed by atoms with Crippen molar-refractivity contribution >= 4 is 5.97 Å². The van der Waals surface area contributed by atoms with Gasteiger partial charge in [-0.3, -0.25) is 4.79 Å². The summed E-state index contributed by atoms with van der Waals surface area (Å²) in [7, 11) is 0. The van der Waals surface area contributed by atoms with E-state index in [1.807, 2.05) is 30.4 Å². The molecule has 0 bridgehead atoms. The molecule has 0 heterocycles. The highest BCUT2D eigenvalue weighted by atomic mass is 16.5. The highest BCUT2D eigenvalue weighted by molar-refractivity contribution is 5.69. The number of allylic oxidation sites excluding steroid dienone is 2. The van der Waals surface area contributed by atoms with Gasteiger partial charge in [0.1, 0.15) is 0 Å². The number of benzene rings is 1. The lowest BCUT2D eigenvalue weighted by molar-refractivity contribution is -0.138. The predicted octanol–water partition coefficient (Wildman–Crippen LogP) is 3.92. The van der Waals surface area contributed by atoms with Crippen LogP contribution in [0.15, 0.2) is 55.3 Å². The molecule has 0 aliphatic heterocycles. The zero-order valence-corrected chi connectivity index (χ0v) is 17.7. The quantitative estimate of drug-likeness (QED) is 0.196. The molecule has 5 heteroatoms. The van der Waals surface area contributed by atoms with E-state index in [0.717, 1.165) is 19.1 Å². The molecule has 166 valence electrons. The van der Waals surface area contributed by atoms with Crippen molar-refractivity contribution in [3.8, 4) is 0 Å². The monoisotopic (exact) mass is 416 g/mol. The van der Waals surface area contributed by atoms with Crippen molar-refractivity contribution < 1.29 is 24.9 Å². The van der Waals surface area contributed by atoms with Crippen LogP contribution in [0.5, 0.6) is 0 Å². The zero-order chi connectivity index (χ0) is 21.8. The Labute approximate surface area is 180 Å². The van der Waals surface area contributed by atoms with Gasteiger partial charge in [-0.25, -0.2) is 0 Å². The summed E-state index contributed by atoms with van der Waals surface area (Å²) in [6.07, 6.45) is 9.55. The molecule has 0 amide bonds. The Morgan fingerprint density at radius 2 is 1.87 bits per heavy atom. The van der Waals surface area contributed by atoms with Crippen LogP contribution in [-0.4, -0.2) is 39.6 Å². The van der Waals surface area contributed by atoms with Gasteiger partial charge < -0.3 is 20.1 Å². The van der Waals surface area contributed by atoms with Crippen molar-refractivity contribution in [2.24, 2.45) is 11.8 Å². The minimum Gasteiger partial charge on any atom is -0.435 e. The van der Waals surface area contributed by atoms with Gasteiger partial charge in [0.2, 0.25) is 0 Å². The smallest absolute Gasteiger partial charge is 0.310 e. The summed E-state index contributed by atoms with van der Waals surface area (Å²) in [5.74, 6) is -0.277. The summed E-state index contributed by atoms with van der Waals surface area (Å²) in [6.45, 7) is 3.36. The largest absolute Gasteiger partial charge is 0.435 e. The van der Waals surface area contributed by atoms with Gasteiger partial charge in [0.15, 0.2) is 0 Å². The topological polar surface area (TPSA) is 87.0 Å². The molecule has 5 nitrogen and oxygen atoms in total. The minimum atomic E-state index is -0.520. The number of carbonyl (C=O) groups excluding carboxylic acids is 1. The maximum absolute atomic E-state index is 11.3. The first kappa shape index (κ1) is 24.3. The Balaban J connectivity index is 1.72. The second-order valence-corrected chi connectivity index (χ2v) is 8.21. The van der Waals surface area contributed by atoms with Gasteiger partial charge in [-0.05, 0) is 68.8 Å². The van der Waals surface area contributed by atoms with Gasteiger partial charge >= 0.3 is 5.97 Å². The standard InChI is InChI=1S/C25H36O5/c1-2-30-25(29)13-9-4-3-8-12-21-22(24(28)18-23(21)27)17-16-20(26)15-14-19-10-6-5-7-11-19/h2-3,5-8,10-11,20-24,26-28H,1,4,9,12-18H2/b8-3-/t20-,21+,22+,23-,24+/m1/s1. The second kappa shape index (κ2) is 13.4. The molecule has 1 aliphatic rings. The molecule has 1 aliphatic carbocycles. The minimum absolute atomic E-state index is 0.00130. The van der Waals surface area contributed by atoms with Gasteiger partial charge in [-0.15, -0.1) is 0 Å². The van der Waals surface area contributed by atoms with Crippen LogP contribution >= 0.6 is 0 Å². The maximum Gasteiger partial charge on any atom is 0.310 e. The van der Waals surface area contributed by atoms with E-state index in [2.05, 4.69) is 23.4 Å². The average Bonchev–Trinajstić information content (AvgIpc) is 3.00. The van der Waals surface area contributed by atoms with E-state index in [0.29, 0.717) is 44.9 Å². The number of hydrogen-bond acceptors (Lipinski definition) is 5. The normalized spacial score (nSPS) is 24.8. The molecule has 1 fully saturated rings. The molecule has 30 heavy (non-hydrogen) atoms. The number of esters is 1. The molecule has 0 spiro atoms. The lowest BCUT2D eigenvalue weighted by Crippen LogP contribution is -2.23. The van der Waals surface area contributed by atoms with Crippen LogP contribution in [-0.2, 0) is 16.0 Å². The van der Waals surface area contributed by atoms with E-state index < -0.39 is 18.3 Å². The zero-order valence-electron chi connectivity index (χ0n) is 17.7. The molecule has 1 aromatic rings. The fourth-order valence-electron chi connectivity index (χ4n) is 4.30. The van der Waals surface area contributed by atoms with Crippen LogP contribution in [0.1, 0.15) is 56.9 Å². The average molecular weight is 417 g/mol. The van der Waals surface area contributed by atoms with E-state index in [1.54, 1.807) is 0 Å². The Hall–Kier alpha value is -1.95. The summed E-state index contributed by atoms with van der Waals surface area (Å²) in [5.41, 5.74) is 1.22. The SMILES string of the molecule is C=COC(=O)CCC/C=C\C[C@H]1[C@H](CC[C@H](O)CCc2ccccc2)[C@@H](O)C[C@H]1O. The molecule has 0 saturated heterocycles. The Morgan fingerprint density at radius 3 is 2.60 bits per heavy atom. The molecule has 1 saturated carbocycles. The first-order valence-electron chi connectivity index (χ1n) is 11.0. The highest BCUT2D eigenvalue weighted by Crippen LogP contribution is 2.38. The van der Waals surface area contributed by atoms with Crippen LogP contribution < -0.4 is 0 Å². The van der Waals surface area contributed by atoms with Gasteiger partial charge in [0, 0.05) is 6.42 Å². The number of hydrogen-bond donors (Lipinski definition) is 3. The van der Waals surface area contributed by atoms with E-state index in [9.17, 15) is 20.1 Å². The summed E-state index contributed by atoms with van der Waals surface area (Å²) in [4.78, 5) is 11.3. The van der Waals surface area contributed by atoms with Crippen molar-refractivity contribution in [1.29, 1.82) is 0 Å². The van der Waals surface area contributed by atoms with Crippen LogP contribution in [0.2, 0.25) is 0 Å². The van der Waals surface area contributed by atoms with Crippen LogP contribution in [0.4, 0.5) is 0 Å². The maximum atomic E-state index is 11.3. The molecule has 2 rings (SSSR count). The van der Waals surface area contributed by atoms with Crippen molar-refractivity contribution in [2.45, 2.75) is 76.1 Å². The number of aliphatic hydroxyl groups excluding tert-OH is 3. The van der Waals surface area contributed by atoms with E-state index in [4.69, 9.17) is 0 Å². The molecule has 0 radical (unpaired) electrons. The molecule has 0 aromatic heterocycles. The third-order valence-corrected chi connectivity index (χ3v) is 6.01. The van der Waals surface area contributed by atoms with Crippen LogP contribution in [0.25, 0.3) is 0 Å². The van der Waals surface area contributed by atoms with Gasteiger partial charge in [-0.2, -0.15) is 0 Å². The summed E-state index contributed by atoms with van der Waals surface area (Å²) < 4.78 is 4.68. The Kier molecular flexibility index (Phi) is 10.8. The van der Waals surface area contributed by atoms with Crippen LogP contribution in [0, 0.1) is 11.8 Å². The number of carbonyl (C=O) groups is 1. The predicted molar refractivity (Wildman–Crippen MR) is 118 cm³/mol. The van der Waals surface area contributed by atoms with Gasteiger partial charge in [0.05, 0.1) is 24.6 Å². The summed E-state index contributed by atoms with van der Waals surface area (Å²) in [5, 5.41) is 31.1. The second-order valence-electron chi connectivity index (χ2n) is 8.21. The highest BCUT2D eigenvalue weighted by Gasteiger charge is 2.40. The van der Waals surface area contributed by atoms with Crippen molar-refractivity contribution in [3.05, 3.63) is 60.9 Å². The summed E-state index contributed by atoms with van der Waals surface area (Å²) >= 11 is 0. The number of ether oxygens (including phenoxy) is 1. The lowest BCUT2D eigenvalue weighted by Gasteiger charge is -2.23. The molecular weight excluding hydrogens is 380 g/mol. The first-order valence-corrected chi connectivity index (χ1v) is 11.0. The molecule has 0 unspecified atom stereocenters. The fraction of sp³-hybridized carbons (Fsp3) is 0.560. The van der Waals surface area contributed by atoms with Gasteiger partial charge in [0.25, 0.3) is 0 Å². The van der Waals surface area contributed by atoms with E-state index >= 15 is 0 Å². The molecule has 3 N–H and O–H groups in total.